The Morgan fingerprint density at radius 3 is 2.74 bits per heavy atom. The van der Waals surface area contributed by atoms with Gasteiger partial charge in [0.15, 0.2) is 6.61 Å². The van der Waals surface area contributed by atoms with Crippen molar-refractivity contribution in [3.63, 3.8) is 0 Å². The van der Waals surface area contributed by atoms with Gasteiger partial charge in [-0.1, -0.05) is 15.9 Å². The molecule has 8 nitrogen and oxygen atoms in total. The van der Waals surface area contributed by atoms with Crippen LogP contribution >= 0.6 is 15.9 Å². The Morgan fingerprint density at radius 1 is 1.22 bits per heavy atom. The molecule has 0 fully saturated rings. The van der Waals surface area contributed by atoms with Gasteiger partial charge in [0.1, 0.15) is 6.20 Å². The van der Waals surface area contributed by atoms with E-state index in [1.165, 1.54) is 12.3 Å². The van der Waals surface area contributed by atoms with Gasteiger partial charge < -0.3 is 19.3 Å². The van der Waals surface area contributed by atoms with Crippen LogP contribution in [-0.2, 0) is 6.61 Å². The summed E-state index contributed by atoms with van der Waals surface area (Å²) in [5, 5.41) is 18.6. The topological polar surface area (TPSA) is 104 Å². The SMILES string of the molecule is O=[N+]([O-])c1ncccc1OCc1nnc(-c2ccc(Br)cc2)o1. The number of ether oxygens (including phenoxy) is 1. The van der Waals surface area contributed by atoms with E-state index in [0.29, 0.717) is 5.89 Å². The smallest absolute Gasteiger partial charge is 0.406 e. The maximum Gasteiger partial charge on any atom is 0.406 e. The molecule has 0 spiro atoms. The van der Waals surface area contributed by atoms with Crippen molar-refractivity contribution in [2.75, 3.05) is 0 Å². The van der Waals surface area contributed by atoms with Gasteiger partial charge in [0.25, 0.3) is 5.89 Å². The Labute approximate surface area is 138 Å². The van der Waals surface area contributed by atoms with Gasteiger partial charge in [-0.2, -0.15) is 0 Å². The van der Waals surface area contributed by atoms with E-state index in [1.807, 2.05) is 24.3 Å². The average Bonchev–Trinajstić information content (AvgIpc) is 3.03. The van der Waals surface area contributed by atoms with Gasteiger partial charge in [0, 0.05) is 10.0 Å². The van der Waals surface area contributed by atoms with E-state index in [2.05, 4.69) is 31.1 Å². The Kier molecular flexibility index (Phi) is 4.29. The standard InChI is InChI=1S/C14H9BrN4O4/c15-10-5-3-9(4-6-10)14-18-17-12(23-14)8-22-11-2-1-7-16-13(11)19(20)21/h1-7H,8H2. The summed E-state index contributed by atoms with van der Waals surface area (Å²) in [6.07, 6.45) is 1.32. The maximum absolute atomic E-state index is 10.9. The van der Waals surface area contributed by atoms with Crippen molar-refractivity contribution in [3.05, 3.63) is 63.1 Å². The van der Waals surface area contributed by atoms with Crippen molar-refractivity contribution in [1.82, 2.24) is 15.2 Å². The zero-order chi connectivity index (χ0) is 16.2. The molecule has 116 valence electrons. The first-order chi connectivity index (χ1) is 11.1. The molecule has 0 radical (unpaired) electrons. The molecule has 2 heterocycles. The van der Waals surface area contributed by atoms with Crippen LogP contribution in [0.5, 0.6) is 5.75 Å². The number of halogens is 1. The lowest BCUT2D eigenvalue weighted by Gasteiger charge is -2.02. The third kappa shape index (κ3) is 3.51. The summed E-state index contributed by atoms with van der Waals surface area (Å²) < 4.78 is 11.8. The third-order valence-corrected chi connectivity index (χ3v) is 3.36. The van der Waals surface area contributed by atoms with E-state index in [4.69, 9.17) is 9.15 Å². The first-order valence-electron chi connectivity index (χ1n) is 6.44. The molecule has 0 saturated carbocycles. The van der Waals surface area contributed by atoms with E-state index in [0.717, 1.165) is 10.0 Å². The molecule has 1 aromatic carbocycles. The number of benzene rings is 1. The summed E-state index contributed by atoms with van der Waals surface area (Å²) in [6, 6.07) is 10.4. The van der Waals surface area contributed by atoms with Crippen LogP contribution in [0.1, 0.15) is 5.89 Å². The van der Waals surface area contributed by atoms with E-state index in [9.17, 15) is 10.1 Å². The summed E-state index contributed by atoms with van der Waals surface area (Å²) in [7, 11) is 0. The summed E-state index contributed by atoms with van der Waals surface area (Å²) in [6.45, 7) is -0.0872. The summed E-state index contributed by atoms with van der Waals surface area (Å²) in [5.74, 6) is 0.235. The lowest BCUT2D eigenvalue weighted by molar-refractivity contribution is -0.390. The van der Waals surface area contributed by atoms with Crippen molar-refractivity contribution in [1.29, 1.82) is 0 Å². The lowest BCUT2D eigenvalue weighted by Crippen LogP contribution is -2.00. The minimum atomic E-state index is -0.615. The highest BCUT2D eigenvalue weighted by Gasteiger charge is 2.17. The fourth-order valence-electron chi connectivity index (χ4n) is 1.79. The van der Waals surface area contributed by atoms with Crippen molar-refractivity contribution in [3.8, 4) is 17.2 Å². The number of rotatable bonds is 5. The molecular formula is C14H9BrN4O4. The zero-order valence-electron chi connectivity index (χ0n) is 11.5. The van der Waals surface area contributed by atoms with Crippen LogP contribution in [0.15, 0.2) is 51.5 Å². The molecule has 0 saturated heterocycles. The van der Waals surface area contributed by atoms with Crippen LogP contribution in [-0.4, -0.2) is 20.1 Å². The zero-order valence-corrected chi connectivity index (χ0v) is 13.1. The molecule has 0 atom stereocenters. The first kappa shape index (κ1) is 15.1. The highest BCUT2D eigenvalue weighted by atomic mass is 79.9. The maximum atomic E-state index is 10.9. The quantitative estimate of drug-likeness (QED) is 0.496. The third-order valence-electron chi connectivity index (χ3n) is 2.83. The van der Waals surface area contributed by atoms with Gasteiger partial charge in [-0.05, 0) is 46.3 Å². The molecule has 0 amide bonds. The molecule has 3 aromatic rings. The summed E-state index contributed by atoms with van der Waals surface area (Å²) in [4.78, 5) is 13.9. The van der Waals surface area contributed by atoms with E-state index < -0.39 is 4.92 Å². The van der Waals surface area contributed by atoms with Crippen molar-refractivity contribution < 1.29 is 14.1 Å². The highest BCUT2D eigenvalue weighted by molar-refractivity contribution is 9.10. The monoisotopic (exact) mass is 376 g/mol. The second-order valence-electron chi connectivity index (χ2n) is 4.38. The average molecular weight is 377 g/mol. The van der Waals surface area contributed by atoms with Crippen molar-refractivity contribution >= 4 is 21.7 Å². The van der Waals surface area contributed by atoms with Crippen molar-refractivity contribution in [2.24, 2.45) is 0 Å². The van der Waals surface area contributed by atoms with Crippen LogP contribution < -0.4 is 4.74 Å². The van der Waals surface area contributed by atoms with E-state index in [-0.39, 0.29) is 24.1 Å². The number of aromatic nitrogens is 3. The fourth-order valence-corrected chi connectivity index (χ4v) is 2.06. The van der Waals surface area contributed by atoms with E-state index in [1.54, 1.807) is 6.07 Å². The predicted octanol–water partition coefficient (Wildman–Crippen LogP) is 3.38. The molecule has 0 aliphatic carbocycles. The molecule has 0 bridgehead atoms. The van der Waals surface area contributed by atoms with Gasteiger partial charge in [0.05, 0.1) is 0 Å². The molecule has 0 aliphatic heterocycles. The molecule has 2 aromatic heterocycles. The summed E-state index contributed by atoms with van der Waals surface area (Å²) in [5.41, 5.74) is 0.763. The van der Waals surface area contributed by atoms with Crippen LogP contribution in [0.3, 0.4) is 0 Å². The second-order valence-corrected chi connectivity index (χ2v) is 5.29. The Bertz CT molecular complexity index is 835. The Morgan fingerprint density at radius 2 is 2.00 bits per heavy atom. The van der Waals surface area contributed by atoms with Gasteiger partial charge in [-0.25, -0.2) is 0 Å². The van der Waals surface area contributed by atoms with Gasteiger partial charge in [-0.15, -0.1) is 10.2 Å². The number of hydrogen-bond donors (Lipinski definition) is 0. The molecular weight excluding hydrogens is 368 g/mol. The Balaban J connectivity index is 1.73. The summed E-state index contributed by atoms with van der Waals surface area (Å²) >= 11 is 3.34. The predicted molar refractivity (Wildman–Crippen MR) is 82.7 cm³/mol. The Hall–Kier alpha value is -2.81. The largest absolute Gasteiger partial charge is 0.476 e. The molecule has 3 rings (SSSR count). The van der Waals surface area contributed by atoms with Crippen LogP contribution in [0, 0.1) is 10.1 Å². The second kappa shape index (κ2) is 6.53. The normalized spacial score (nSPS) is 10.5. The van der Waals surface area contributed by atoms with Gasteiger partial charge in [-0.3, -0.25) is 0 Å². The number of pyridine rings is 1. The molecule has 0 unspecified atom stereocenters. The number of nitro groups is 1. The molecule has 9 heteroatoms. The fraction of sp³-hybridized carbons (Fsp3) is 0.0714. The van der Waals surface area contributed by atoms with Crippen LogP contribution in [0.25, 0.3) is 11.5 Å². The molecule has 23 heavy (non-hydrogen) atoms. The van der Waals surface area contributed by atoms with Gasteiger partial charge in [0.2, 0.25) is 11.6 Å². The number of hydrogen-bond acceptors (Lipinski definition) is 7. The van der Waals surface area contributed by atoms with E-state index >= 15 is 0 Å². The number of nitrogens with zero attached hydrogens (tertiary/aromatic N) is 4. The first-order valence-corrected chi connectivity index (χ1v) is 7.23. The van der Waals surface area contributed by atoms with Crippen LogP contribution in [0.2, 0.25) is 0 Å². The minimum absolute atomic E-state index is 0.0425. The highest BCUT2D eigenvalue weighted by Crippen LogP contribution is 2.25. The van der Waals surface area contributed by atoms with Gasteiger partial charge >= 0.3 is 5.82 Å². The molecule has 0 aliphatic rings. The van der Waals surface area contributed by atoms with Crippen LogP contribution in [0.4, 0.5) is 5.82 Å². The lowest BCUT2D eigenvalue weighted by atomic mass is 10.2. The van der Waals surface area contributed by atoms with Crippen molar-refractivity contribution in [2.45, 2.75) is 6.61 Å². The molecule has 0 N–H and O–H groups in total. The minimum Gasteiger partial charge on any atom is -0.476 e.